The molecule has 1 saturated heterocycles. The van der Waals surface area contributed by atoms with Gasteiger partial charge < -0.3 is 4.74 Å². The van der Waals surface area contributed by atoms with Gasteiger partial charge in [-0.1, -0.05) is 19.1 Å². The highest BCUT2D eigenvalue weighted by Gasteiger charge is 2.32. The highest BCUT2D eigenvalue weighted by Crippen LogP contribution is 2.35. The number of ether oxygens (including phenoxy) is 1. The molecule has 1 aromatic carbocycles. The lowest BCUT2D eigenvalue weighted by Gasteiger charge is -2.36. The van der Waals surface area contributed by atoms with E-state index in [2.05, 4.69) is 6.92 Å². The van der Waals surface area contributed by atoms with Gasteiger partial charge in [0.25, 0.3) is 0 Å². The molecule has 1 fully saturated rings. The van der Waals surface area contributed by atoms with E-state index >= 15 is 0 Å². The summed E-state index contributed by atoms with van der Waals surface area (Å²) in [6.07, 6.45) is 3.30. The molecule has 82 valence electrons. The predicted octanol–water partition coefficient (Wildman–Crippen LogP) is 3.28. The Morgan fingerprint density at radius 1 is 1.33 bits per heavy atom. The molecule has 1 aliphatic rings. The van der Waals surface area contributed by atoms with Gasteiger partial charge in [-0.2, -0.15) is 0 Å². The molecule has 1 unspecified atom stereocenters. The molecule has 0 bridgehead atoms. The van der Waals surface area contributed by atoms with Gasteiger partial charge in [-0.05, 0) is 37.0 Å². The lowest BCUT2D eigenvalue weighted by Crippen LogP contribution is -2.35. The number of rotatable bonds is 2. The van der Waals surface area contributed by atoms with Crippen LogP contribution < -0.4 is 0 Å². The molecule has 0 aliphatic carbocycles. The van der Waals surface area contributed by atoms with Gasteiger partial charge >= 0.3 is 0 Å². The van der Waals surface area contributed by atoms with Gasteiger partial charge in [0.1, 0.15) is 5.82 Å². The fourth-order valence-corrected chi connectivity index (χ4v) is 2.37. The lowest BCUT2D eigenvalue weighted by molar-refractivity contribution is 0.0322. The SMILES string of the molecule is CCC1(c2ccc(F)cc2)CCCOC1. The van der Waals surface area contributed by atoms with Crippen molar-refractivity contribution < 1.29 is 9.13 Å². The topological polar surface area (TPSA) is 9.23 Å². The van der Waals surface area contributed by atoms with Crippen LogP contribution in [-0.2, 0) is 10.2 Å². The Balaban J connectivity index is 2.28. The molecule has 1 heterocycles. The third-order valence-corrected chi connectivity index (χ3v) is 3.46. The number of hydrogen-bond acceptors (Lipinski definition) is 1. The van der Waals surface area contributed by atoms with E-state index in [1.54, 1.807) is 12.1 Å². The third kappa shape index (κ3) is 2.05. The molecule has 1 atom stereocenters. The molecule has 0 amide bonds. The molecule has 0 saturated carbocycles. The van der Waals surface area contributed by atoms with Gasteiger partial charge in [-0.3, -0.25) is 0 Å². The van der Waals surface area contributed by atoms with Crippen LogP contribution >= 0.6 is 0 Å². The minimum atomic E-state index is -0.165. The van der Waals surface area contributed by atoms with Crippen LogP contribution in [0.5, 0.6) is 0 Å². The van der Waals surface area contributed by atoms with Crippen LogP contribution in [0.2, 0.25) is 0 Å². The van der Waals surface area contributed by atoms with Crippen LogP contribution in [-0.4, -0.2) is 13.2 Å². The molecule has 2 heteroatoms. The first-order valence-electron chi connectivity index (χ1n) is 5.61. The predicted molar refractivity (Wildman–Crippen MR) is 58.4 cm³/mol. The summed E-state index contributed by atoms with van der Waals surface area (Å²) >= 11 is 0. The summed E-state index contributed by atoms with van der Waals surface area (Å²) in [5.74, 6) is -0.165. The van der Waals surface area contributed by atoms with E-state index in [4.69, 9.17) is 4.74 Å². The van der Waals surface area contributed by atoms with Crippen LogP contribution in [0.15, 0.2) is 24.3 Å². The highest BCUT2D eigenvalue weighted by atomic mass is 19.1. The first-order valence-corrected chi connectivity index (χ1v) is 5.61. The summed E-state index contributed by atoms with van der Waals surface area (Å²) in [5.41, 5.74) is 1.33. The fourth-order valence-electron chi connectivity index (χ4n) is 2.37. The van der Waals surface area contributed by atoms with Crippen LogP contribution in [0.25, 0.3) is 0 Å². The lowest BCUT2D eigenvalue weighted by atomic mass is 9.74. The Labute approximate surface area is 90.3 Å². The average Bonchev–Trinajstić information content (AvgIpc) is 2.31. The summed E-state index contributed by atoms with van der Waals surface area (Å²) in [4.78, 5) is 0. The fraction of sp³-hybridized carbons (Fsp3) is 0.538. The average molecular weight is 208 g/mol. The van der Waals surface area contributed by atoms with E-state index in [1.165, 1.54) is 5.56 Å². The summed E-state index contributed by atoms with van der Waals surface area (Å²) in [7, 11) is 0. The monoisotopic (exact) mass is 208 g/mol. The van der Waals surface area contributed by atoms with Crippen molar-refractivity contribution in [2.24, 2.45) is 0 Å². The van der Waals surface area contributed by atoms with Crippen LogP contribution in [0.3, 0.4) is 0 Å². The standard InChI is InChI=1S/C13H17FO/c1-2-13(8-3-9-15-10-13)11-4-6-12(14)7-5-11/h4-7H,2-3,8-10H2,1H3. The second-order valence-electron chi connectivity index (χ2n) is 4.30. The number of halogens is 1. The second-order valence-corrected chi connectivity index (χ2v) is 4.30. The Morgan fingerprint density at radius 2 is 2.07 bits per heavy atom. The van der Waals surface area contributed by atoms with Crippen molar-refractivity contribution in [2.45, 2.75) is 31.6 Å². The van der Waals surface area contributed by atoms with Crippen molar-refractivity contribution in [1.82, 2.24) is 0 Å². The molecule has 1 nitrogen and oxygen atoms in total. The zero-order chi connectivity index (χ0) is 10.7. The third-order valence-electron chi connectivity index (χ3n) is 3.46. The summed E-state index contributed by atoms with van der Waals surface area (Å²) in [6.45, 7) is 3.82. The number of hydrogen-bond donors (Lipinski definition) is 0. The largest absolute Gasteiger partial charge is 0.381 e. The van der Waals surface area contributed by atoms with E-state index in [0.717, 1.165) is 32.5 Å². The first kappa shape index (κ1) is 10.6. The first-order chi connectivity index (χ1) is 7.27. The molecule has 0 aromatic heterocycles. The Morgan fingerprint density at radius 3 is 2.60 bits per heavy atom. The van der Waals surface area contributed by atoms with Gasteiger partial charge in [0.15, 0.2) is 0 Å². The van der Waals surface area contributed by atoms with Crippen molar-refractivity contribution in [3.63, 3.8) is 0 Å². The summed E-state index contributed by atoms with van der Waals surface area (Å²) < 4.78 is 18.4. The van der Waals surface area contributed by atoms with E-state index in [-0.39, 0.29) is 11.2 Å². The zero-order valence-electron chi connectivity index (χ0n) is 9.13. The Bertz CT molecular complexity index is 312. The van der Waals surface area contributed by atoms with E-state index in [1.807, 2.05) is 12.1 Å². The smallest absolute Gasteiger partial charge is 0.123 e. The molecule has 0 radical (unpaired) electrons. The molecule has 1 aliphatic heterocycles. The van der Waals surface area contributed by atoms with Gasteiger partial charge in [-0.15, -0.1) is 0 Å². The highest BCUT2D eigenvalue weighted by molar-refractivity contribution is 5.26. The molecular formula is C13H17FO. The molecule has 0 spiro atoms. The van der Waals surface area contributed by atoms with Crippen molar-refractivity contribution in [3.05, 3.63) is 35.6 Å². The van der Waals surface area contributed by atoms with E-state index < -0.39 is 0 Å². The second kappa shape index (κ2) is 4.31. The molecule has 2 rings (SSSR count). The van der Waals surface area contributed by atoms with Gasteiger partial charge in [0, 0.05) is 12.0 Å². The Hall–Kier alpha value is -0.890. The van der Waals surface area contributed by atoms with Gasteiger partial charge in [-0.25, -0.2) is 4.39 Å². The van der Waals surface area contributed by atoms with E-state index in [0.29, 0.717) is 0 Å². The summed E-state index contributed by atoms with van der Waals surface area (Å²) in [5, 5.41) is 0. The van der Waals surface area contributed by atoms with Crippen molar-refractivity contribution in [1.29, 1.82) is 0 Å². The Kier molecular flexibility index (Phi) is 3.06. The molecule has 15 heavy (non-hydrogen) atoms. The minimum Gasteiger partial charge on any atom is -0.381 e. The molecular weight excluding hydrogens is 191 g/mol. The summed E-state index contributed by atoms with van der Waals surface area (Å²) in [6, 6.07) is 6.88. The maximum absolute atomic E-state index is 12.9. The van der Waals surface area contributed by atoms with Crippen LogP contribution in [0.4, 0.5) is 4.39 Å². The van der Waals surface area contributed by atoms with Crippen molar-refractivity contribution >= 4 is 0 Å². The van der Waals surface area contributed by atoms with Gasteiger partial charge in [0.2, 0.25) is 0 Å². The zero-order valence-corrected chi connectivity index (χ0v) is 9.13. The number of benzene rings is 1. The molecule has 1 aromatic rings. The van der Waals surface area contributed by atoms with Crippen LogP contribution in [0, 0.1) is 5.82 Å². The minimum absolute atomic E-state index is 0.117. The van der Waals surface area contributed by atoms with Crippen molar-refractivity contribution in [2.75, 3.05) is 13.2 Å². The maximum atomic E-state index is 12.9. The normalized spacial score (nSPS) is 26.5. The van der Waals surface area contributed by atoms with E-state index in [9.17, 15) is 4.39 Å². The quantitative estimate of drug-likeness (QED) is 0.724. The van der Waals surface area contributed by atoms with Crippen molar-refractivity contribution in [3.8, 4) is 0 Å². The maximum Gasteiger partial charge on any atom is 0.123 e. The molecule has 0 N–H and O–H groups in total. The van der Waals surface area contributed by atoms with Gasteiger partial charge in [0.05, 0.1) is 6.61 Å². The van der Waals surface area contributed by atoms with Crippen LogP contribution in [0.1, 0.15) is 31.7 Å².